The van der Waals surface area contributed by atoms with E-state index in [1.165, 1.54) is 18.3 Å². The number of nitrogens with zero attached hydrogens (tertiary/aromatic N) is 3. The van der Waals surface area contributed by atoms with Crippen LogP contribution in [0.3, 0.4) is 0 Å². The fraction of sp³-hybridized carbons (Fsp3) is 0.276. The molecule has 1 saturated carbocycles. The number of hydrogen-bond donors (Lipinski definition) is 2. The van der Waals surface area contributed by atoms with Gasteiger partial charge in [0.1, 0.15) is 5.82 Å². The summed E-state index contributed by atoms with van der Waals surface area (Å²) in [6.45, 7) is 3.92. The first-order valence-electron chi connectivity index (χ1n) is 12.3. The minimum atomic E-state index is -0.559. The molecule has 2 aromatic heterocycles. The highest BCUT2D eigenvalue weighted by Crippen LogP contribution is 2.41. The quantitative estimate of drug-likeness (QED) is 0.342. The van der Waals surface area contributed by atoms with E-state index in [1.807, 2.05) is 18.3 Å². The Morgan fingerprint density at radius 2 is 1.89 bits per heavy atom. The van der Waals surface area contributed by atoms with Crippen molar-refractivity contribution in [2.75, 3.05) is 0 Å². The fourth-order valence-corrected chi connectivity index (χ4v) is 4.73. The van der Waals surface area contributed by atoms with Crippen LogP contribution in [0.5, 0.6) is 0 Å². The standard InChI is InChI=1S/C29H29F2N5O/c1-17-11-26(31)33-15-24(17)22-12-19(16-36-9-8-35(3)29(36)32)13-23(14-22)28(37)34-27(20-4-5-20)21-6-7-25(30)18(2)10-21/h6-15,20,27,32H,4-5,16H2,1-3H3,(H,34,37)/t27-/m0/s1. The number of aryl methyl sites for hydroxylation is 3. The second kappa shape index (κ2) is 9.76. The van der Waals surface area contributed by atoms with E-state index in [9.17, 15) is 13.6 Å². The van der Waals surface area contributed by atoms with Gasteiger partial charge in [0.25, 0.3) is 5.91 Å². The molecule has 8 heteroatoms. The zero-order valence-corrected chi connectivity index (χ0v) is 21.1. The molecule has 2 heterocycles. The summed E-state index contributed by atoms with van der Waals surface area (Å²) >= 11 is 0. The van der Waals surface area contributed by atoms with E-state index < -0.39 is 5.95 Å². The molecule has 1 amide bonds. The SMILES string of the molecule is Cc1cc([C@@H](NC(=O)c2cc(Cn3ccn(C)c3=N)cc(-c3cnc(F)cc3C)c2)C2CC2)ccc1F. The Balaban J connectivity index is 1.52. The Morgan fingerprint density at radius 1 is 1.11 bits per heavy atom. The summed E-state index contributed by atoms with van der Waals surface area (Å²) in [6.07, 6.45) is 7.11. The normalized spacial score (nSPS) is 14.0. The lowest BCUT2D eigenvalue weighted by molar-refractivity contribution is 0.0931. The van der Waals surface area contributed by atoms with Gasteiger partial charge in [0.05, 0.1) is 12.6 Å². The highest BCUT2D eigenvalue weighted by atomic mass is 19.1. The third-order valence-corrected chi connectivity index (χ3v) is 6.99. The first-order chi connectivity index (χ1) is 17.7. The number of halogens is 2. The van der Waals surface area contributed by atoms with Crippen molar-refractivity contribution >= 4 is 5.91 Å². The number of carbonyl (C=O) groups is 1. The minimum absolute atomic E-state index is 0.212. The zero-order valence-electron chi connectivity index (χ0n) is 21.1. The van der Waals surface area contributed by atoms with Gasteiger partial charge in [0, 0.05) is 36.8 Å². The number of amides is 1. The second-order valence-corrected chi connectivity index (χ2v) is 9.90. The smallest absolute Gasteiger partial charge is 0.251 e. The van der Waals surface area contributed by atoms with Crippen molar-refractivity contribution in [3.05, 3.63) is 106 Å². The maximum absolute atomic E-state index is 13.9. The number of nitrogens with one attached hydrogen (secondary N) is 2. The highest BCUT2D eigenvalue weighted by Gasteiger charge is 2.34. The molecule has 2 aromatic carbocycles. The van der Waals surface area contributed by atoms with Gasteiger partial charge in [-0.05, 0) is 90.8 Å². The molecule has 0 unspecified atom stereocenters. The molecule has 1 aliphatic carbocycles. The molecular weight excluding hydrogens is 472 g/mol. The molecule has 0 saturated heterocycles. The summed E-state index contributed by atoms with van der Waals surface area (Å²) in [5, 5.41) is 11.5. The monoisotopic (exact) mass is 501 g/mol. The summed E-state index contributed by atoms with van der Waals surface area (Å²) in [6, 6.07) is 11.7. The molecule has 37 heavy (non-hydrogen) atoms. The molecular formula is C29H29F2N5O. The van der Waals surface area contributed by atoms with E-state index in [0.29, 0.717) is 34.8 Å². The molecule has 5 rings (SSSR count). The Hall–Kier alpha value is -4.07. The van der Waals surface area contributed by atoms with E-state index in [1.54, 1.807) is 54.4 Å². The summed E-state index contributed by atoms with van der Waals surface area (Å²) in [4.78, 5) is 17.4. The van der Waals surface area contributed by atoms with E-state index in [4.69, 9.17) is 5.41 Å². The lowest BCUT2D eigenvalue weighted by atomic mass is 9.96. The summed E-state index contributed by atoms with van der Waals surface area (Å²) in [5.74, 6) is -0.752. The van der Waals surface area contributed by atoms with Crippen LogP contribution in [0.1, 0.15) is 51.5 Å². The molecule has 1 aliphatic rings. The molecule has 2 N–H and O–H groups in total. The predicted octanol–water partition coefficient (Wildman–Crippen LogP) is 5.19. The second-order valence-electron chi connectivity index (χ2n) is 9.90. The molecule has 0 spiro atoms. The van der Waals surface area contributed by atoms with Gasteiger partial charge in [0.15, 0.2) is 0 Å². The van der Waals surface area contributed by atoms with Crippen LogP contribution in [0, 0.1) is 36.9 Å². The molecule has 0 aliphatic heterocycles. The molecule has 1 fully saturated rings. The minimum Gasteiger partial charge on any atom is -0.345 e. The third kappa shape index (κ3) is 5.23. The van der Waals surface area contributed by atoms with Crippen LogP contribution in [0.25, 0.3) is 11.1 Å². The largest absolute Gasteiger partial charge is 0.345 e. The number of aromatic nitrogens is 3. The van der Waals surface area contributed by atoms with Crippen LogP contribution in [0.15, 0.2) is 61.1 Å². The molecule has 190 valence electrons. The van der Waals surface area contributed by atoms with Crippen LogP contribution in [0.4, 0.5) is 8.78 Å². The highest BCUT2D eigenvalue weighted by molar-refractivity contribution is 5.96. The molecule has 1 atom stereocenters. The number of imidazole rings is 1. The Kier molecular flexibility index (Phi) is 6.50. The van der Waals surface area contributed by atoms with Gasteiger partial charge in [-0.25, -0.2) is 9.37 Å². The van der Waals surface area contributed by atoms with E-state index in [-0.39, 0.29) is 17.8 Å². The van der Waals surface area contributed by atoms with E-state index >= 15 is 0 Å². The maximum atomic E-state index is 13.9. The summed E-state index contributed by atoms with van der Waals surface area (Å²) < 4.78 is 31.1. The molecule has 0 radical (unpaired) electrons. The Morgan fingerprint density at radius 3 is 2.54 bits per heavy atom. The van der Waals surface area contributed by atoms with Crippen LogP contribution >= 0.6 is 0 Å². The number of benzene rings is 2. The average Bonchev–Trinajstić information content (AvgIpc) is 3.66. The van der Waals surface area contributed by atoms with Crippen molar-refractivity contribution in [3.63, 3.8) is 0 Å². The number of rotatable bonds is 7. The van der Waals surface area contributed by atoms with Gasteiger partial charge < -0.3 is 14.5 Å². The molecule has 6 nitrogen and oxygen atoms in total. The number of carbonyl (C=O) groups excluding carboxylic acids is 1. The van der Waals surface area contributed by atoms with E-state index in [0.717, 1.165) is 35.1 Å². The van der Waals surface area contributed by atoms with Crippen molar-refractivity contribution in [2.24, 2.45) is 13.0 Å². The van der Waals surface area contributed by atoms with Crippen molar-refractivity contribution in [1.29, 1.82) is 5.41 Å². The number of hydrogen-bond acceptors (Lipinski definition) is 3. The van der Waals surface area contributed by atoms with Crippen LogP contribution in [-0.4, -0.2) is 20.0 Å². The van der Waals surface area contributed by atoms with Crippen LogP contribution < -0.4 is 10.9 Å². The van der Waals surface area contributed by atoms with Crippen molar-refractivity contribution in [3.8, 4) is 11.1 Å². The van der Waals surface area contributed by atoms with Gasteiger partial charge in [0.2, 0.25) is 11.6 Å². The third-order valence-electron chi connectivity index (χ3n) is 6.99. The van der Waals surface area contributed by atoms with Gasteiger partial charge in [-0.3, -0.25) is 10.2 Å². The van der Waals surface area contributed by atoms with Gasteiger partial charge >= 0.3 is 0 Å². The predicted molar refractivity (Wildman–Crippen MR) is 137 cm³/mol. The zero-order chi connectivity index (χ0) is 26.3. The summed E-state index contributed by atoms with van der Waals surface area (Å²) in [5.41, 5.74) is 5.25. The first kappa shape index (κ1) is 24.6. The first-order valence-corrected chi connectivity index (χ1v) is 12.3. The maximum Gasteiger partial charge on any atom is 0.251 e. The Bertz CT molecular complexity index is 1550. The van der Waals surface area contributed by atoms with Crippen molar-refractivity contribution in [2.45, 2.75) is 39.3 Å². The fourth-order valence-electron chi connectivity index (χ4n) is 4.73. The summed E-state index contributed by atoms with van der Waals surface area (Å²) in [7, 11) is 1.80. The lowest BCUT2D eigenvalue weighted by Gasteiger charge is -2.20. The topological polar surface area (TPSA) is 75.7 Å². The molecule has 0 bridgehead atoms. The van der Waals surface area contributed by atoms with Gasteiger partial charge in [-0.15, -0.1) is 0 Å². The van der Waals surface area contributed by atoms with E-state index in [2.05, 4.69) is 10.3 Å². The number of pyridine rings is 1. The van der Waals surface area contributed by atoms with Crippen LogP contribution in [-0.2, 0) is 13.6 Å². The Labute approximate surface area is 214 Å². The molecule has 4 aromatic rings. The van der Waals surface area contributed by atoms with Gasteiger partial charge in [-0.2, -0.15) is 4.39 Å². The lowest BCUT2D eigenvalue weighted by Crippen LogP contribution is -2.30. The van der Waals surface area contributed by atoms with Crippen LogP contribution in [0.2, 0.25) is 0 Å². The van der Waals surface area contributed by atoms with Crippen molar-refractivity contribution in [1.82, 2.24) is 19.4 Å². The van der Waals surface area contributed by atoms with Crippen molar-refractivity contribution < 1.29 is 13.6 Å². The average molecular weight is 502 g/mol. The van der Waals surface area contributed by atoms with Gasteiger partial charge in [-0.1, -0.05) is 12.1 Å².